The van der Waals surface area contributed by atoms with Crippen molar-refractivity contribution >= 4 is 40.2 Å². The first-order valence-electron chi connectivity index (χ1n) is 18.8. The number of aromatic amines is 2. The number of benzene rings is 2. The summed E-state index contributed by atoms with van der Waals surface area (Å²) < 4.78 is 56.7. The Bertz CT molecular complexity index is 2790. The number of carbonyl (C=O) groups excluding carboxylic acids is 1. The Hall–Kier alpha value is -6.45. The van der Waals surface area contributed by atoms with Crippen molar-refractivity contribution < 1.29 is 22.4 Å². The first-order chi connectivity index (χ1) is 28.6. The van der Waals surface area contributed by atoms with Gasteiger partial charge in [-0.05, 0) is 80.1 Å². The normalized spacial score (nSPS) is 13.6. The standard InChI is InChI=1S/C22H16F2N4OS.C22H18F2N4S/c1-12-20(27-21(30-12)13-4-3-8-25-11-13)28-9-7-17-14(22(28)29)10-18(26-17)19-15(23)5-2-6-16(19)24;1-13-21(27-22(29-13)14-4-3-8-25-11-14)28-9-7-18-15(12-28)10-19(26-18)20-16(23)5-2-6-17(20)24/h2-6,8,10-11,26H,7,9H2,1H3;2-6,8,10-11,26H,7,9,12H2,1H3. The van der Waals surface area contributed by atoms with E-state index in [1.54, 1.807) is 34.8 Å². The number of aromatic nitrogens is 6. The minimum absolute atomic E-state index is 0.00264. The summed E-state index contributed by atoms with van der Waals surface area (Å²) in [5, 5.41) is 1.73. The number of rotatable bonds is 6. The summed E-state index contributed by atoms with van der Waals surface area (Å²) in [5.74, 6) is -1.13. The number of hydrogen-bond acceptors (Lipinski definition) is 8. The van der Waals surface area contributed by atoms with Gasteiger partial charge in [-0.15, -0.1) is 22.7 Å². The SMILES string of the molecule is Cc1sc(-c2cccnc2)nc1N1CCc2[nH]c(-c3c(F)cccc3F)cc2C1.Cc1sc(-c2cccnc2)nc1N1CCc2[nH]c(-c3c(F)cccc3F)cc2C1=O. The average Bonchev–Trinajstić information content (AvgIpc) is 4.04. The summed E-state index contributed by atoms with van der Waals surface area (Å²) in [7, 11) is 0. The fraction of sp³-hybridized carbons (Fsp3) is 0.159. The third kappa shape index (κ3) is 7.31. The van der Waals surface area contributed by atoms with Crippen LogP contribution in [0.3, 0.4) is 0 Å². The number of nitrogens with zero attached hydrogens (tertiary/aromatic N) is 6. The van der Waals surface area contributed by atoms with Gasteiger partial charge in [0.1, 0.15) is 44.9 Å². The van der Waals surface area contributed by atoms with Gasteiger partial charge in [0, 0.05) is 89.5 Å². The Kier molecular flexibility index (Phi) is 10.1. The summed E-state index contributed by atoms with van der Waals surface area (Å²) in [5.41, 5.74) is 5.64. The molecule has 0 radical (unpaired) electrons. The summed E-state index contributed by atoms with van der Waals surface area (Å²) >= 11 is 3.15. The van der Waals surface area contributed by atoms with Gasteiger partial charge < -0.3 is 14.9 Å². The fourth-order valence-electron chi connectivity index (χ4n) is 7.50. The van der Waals surface area contributed by atoms with E-state index in [-0.39, 0.29) is 22.7 Å². The van der Waals surface area contributed by atoms with E-state index in [0.29, 0.717) is 42.3 Å². The quantitative estimate of drug-likeness (QED) is 0.162. The van der Waals surface area contributed by atoms with E-state index in [1.807, 2.05) is 43.5 Å². The number of fused-ring (bicyclic) bond motifs is 2. The molecule has 2 N–H and O–H groups in total. The minimum atomic E-state index is -0.672. The van der Waals surface area contributed by atoms with Crippen LogP contribution in [-0.2, 0) is 19.4 Å². The molecule has 6 aromatic heterocycles. The van der Waals surface area contributed by atoms with Crippen molar-refractivity contribution in [3.63, 3.8) is 0 Å². The Morgan fingerprint density at radius 2 is 1.17 bits per heavy atom. The van der Waals surface area contributed by atoms with Crippen molar-refractivity contribution in [3.05, 3.63) is 153 Å². The molecule has 59 heavy (non-hydrogen) atoms. The van der Waals surface area contributed by atoms with E-state index >= 15 is 0 Å². The zero-order valence-electron chi connectivity index (χ0n) is 31.7. The predicted octanol–water partition coefficient (Wildman–Crippen LogP) is 10.3. The molecule has 0 unspecified atom stereocenters. The molecular weight excluding hydrogens is 797 g/mol. The van der Waals surface area contributed by atoms with Gasteiger partial charge in [-0.3, -0.25) is 19.7 Å². The van der Waals surface area contributed by atoms with E-state index in [0.717, 1.165) is 60.9 Å². The molecular formula is C44H34F4N8OS2. The number of aryl methyl sites for hydroxylation is 2. The van der Waals surface area contributed by atoms with Crippen LogP contribution < -0.4 is 9.80 Å². The second-order valence-corrected chi connectivity index (χ2v) is 16.5. The number of hydrogen-bond donors (Lipinski definition) is 2. The Balaban J connectivity index is 0.000000152. The van der Waals surface area contributed by atoms with E-state index in [2.05, 4.69) is 36.7 Å². The maximum absolute atomic E-state index is 14.2. The zero-order valence-corrected chi connectivity index (χ0v) is 33.3. The zero-order chi connectivity index (χ0) is 40.8. The Labute approximate surface area is 344 Å². The van der Waals surface area contributed by atoms with Crippen molar-refractivity contribution in [1.29, 1.82) is 0 Å². The van der Waals surface area contributed by atoms with Crippen molar-refractivity contribution in [2.75, 3.05) is 22.9 Å². The van der Waals surface area contributed by atoms with E-state index in [4.69, 9.17) is 4.98 Å². The monoisotopic (exact) mass is 830 g/mol. The van der Waals surface area contributed by atoms with Crippen LogP contribution in [0.5, 0.6) is 0 Å². The van der Waals surface area contributed by atoms with Crippen LogP contribution in [0.15, 0.2) is 97.6 Å². The highest BCUT2D eigenvalue weighted by Gasteiger charge is 2.31. The molecule has 0 fully saturated rings. The molecule has 296 valence electrons. The second-order valence-electron chi connectivity index (χ2n) is 14.1. The maximum Gasteiger partial charge on any atom is 0.261 e. The van der Waals surface area contributed by atoms with Gasteiger partial charge in [-0.1, -0.05) is 12.1 Å². The molecule has 0 saturated heterocycles. The van der Waals surface area contributed by atoms with Gasteiger partial charge in [0.2, 0.25) is 0 Å². The van der Waals surface area contributed by atoms with Gasteiger partial charge in [0.15, 0.2) is 0 Å². The van der Waals surface area contributed by atoms with Crippen molar-refractivity contribution in [2.45, 2.75) is 33.2 Å². The van der Waals surface area contributed by atoms with Crippen LogP contribution in [0.1, 0.15) is 37.1 Å². The number of amides is 1. The van der Waals surface area contributed by atoms with Crippen LogP contribution in [0, 0.1) is 37.1 Å². The van der Waals surface area contributed by atoms with Gasteiger partial charge >= 0.3 is 0 Å². The largest absolute Gasteiger partial charge is 0.358 e. The molecule has 2 aromatic carbocycles. The molecule has 10 rings (SSSR count). The van der Waals surface area contributed by atoms with Crippen LogP contribution >= 0.6 is 22.7 Å². The van der Waals surface area contributed by atoms with E-state index < -0.39 is 23.3 Å². The number of carbonyl (C=O) groups is 1. The number of anilines is 2. The third-order valence-electron chi connectivity index (χ3n) is 10.3. The highest BCUT2D eigenvalue weighted by Crippen LogP contribution is 2.38. The molecule has 2 aliphatic heterocycles. The average molecular weight is 831 g/mol. The van der Waals surface area contributed by atoms with Crippen molar-refractivity contribution in [1.82, 2.24) is 29.9 Å². The molecule has 2 aliphatic rings. The second kappa shape index (κ2) is 15.7. The van der Waals surface area contributed by atoms with Crippen LogP contribution in [-0.4, -0.2) is 48.9 Å². The predicted molar refractivity (Wildman–Crippen MR) is 223 cm³/mol. The maximum atomic E-state index is 14.2. The molecule has 0 aliphatic carbocycles. The highest BCUT2D eigenvalue weighted by atomic mass is 32.1. The highest BCUT2D eigenvalue weighted by molar-refractivity contribution is 7.15. The van der Waals surface area contributed by atoms with E-state index in [9.17, 15) is 22.4 Å². The van der Waals surface area contributed by atoms with E-state index in [1.165, 1.54) is 53.8 Å². The van der Waals surface area contributed by atoms with Crippen molar-refractivity contribution in [3.8, 4) is 43.7 Å². The first kappa shape index (κ1) is 38.1. The van der Waals surface area contributed by atoms with Gasteiger partial charge in [-0.25, -0.2) is 27.5 Å². The summed E-state index contributed by atoms with van der Waals surface area (Å²) in [6, 6.07) is 18.7. The Morgan fingerprint density at radius 1 is 0.644 bits per heavy atom. The molecule has 9 nitrogen and oxygen atoms in total. The third-order valence-corrected chi connectivity index (χ3v) is 12.3. The minimum Gasteiger partial charge on any atom is -0.358 e. The lowest BCUT2D eigenvalue weighted by Gasteiger charge is -2.27. The fourth-order valence-corrected chi connectivity index (χ4v) is 9.33. The van der Waals surface area contributed by atoms with Crippen molar-refractivity contribution in [2.24, 2.45) is 0 Å². The molecule has 1 amide bonds. The van der Waals surface area contributed by atoms with Crippen LogP contribution in [0.2, 0.25) is 0 Å². The Morgan fingerprint density at radius 3 is 1.75 bits per heavy atom. The summed E-state index contributed by atoms with van der Waals surface area (Å²) in [6.45, 7) is 5.87. The lowest BCUT2D eigenvalue weighted by atomic mass is 10.1. The molecule has 8 aromatic rings. The van der Waals surface area contributed by atoms with Gasteiger partial charge in [0.05, 0.1) is 28.1 Å². The molecule has 0 atom stereocenters. The molecule has 0 bridgehead atoms. The topological polar surface area (TPSA) is 107 Å². The number of pyridine rings is 2. The first-order valence-corrected chi connectivity index (χ1v) is 20.4. The summed E-state index contributed by atoms with van der Waals surface area (Å²) in [4.78, 5) is 43.2. The number of H-pyrrole nitrogens is 2. The number of nitrogens with one attached hydrogen (secondary N) is 2. The molecule has 8 heterocycles. The van der Waals surface area contributed by atoms with Crippen LogP contribution in [0.4, 0.5) is 29.2 Å². The molecule has 0 saturated carbocycles. The number of thiazole rings is 2. The van der Waals surface area contributed by atoms with Gasteiger partial charge in [0.25, 0.3) is 5.91 Å². The molecule has 0 spiro atoms. The smallest absolute Gasteiger partial charge is 0.261 e. The number of halogens is 4. The van der Waals surface area contributed by atoms with Gasteiger partial charge in [-0.2, -0.15) is 0 Å². The van der Waals surface area contributed by atoms with Crippen LogP contribution in [0.25, 0.3) is 43.7 Å². The molecule has 15 heteroatoms. The lowest BCUT2D eigenvalue weighted by molar-refractivity contribution is 0.0980. The summed E-state index contributed by atoms with van der Waals surface area (Å²) in [6.07, 6.45) is 8.31. The lowest BCUT2D eigenvalue weighted by Crippen LogP contribution is -2.37.